The Morgan fingerprint density at radius 3 is 2.50 bits per heavy atom. The van der Waals surface area contributed by atoms with E-state index in [1.807, 2.05) is 39.0 Å². The van der Waals surface area contributed by atoms with E-state index in [0.29, 0.717) is 12.3 Å². The first-order chi connectivity index (χ1) is 13.1. The zero-order valence-corrected chi connectivity index (χ0v) is 18.9. The number of anilines is 1. The first-order valence-electron chi connectivity index (χ1n) is 8.79. The predicted octanol–water partition coefficient (Wildman–Crippen LogP) is 3.34. The Hall–Kier alpha value is -2.06. The van der Waals surface area contributed by atoms with Crippen LogP contribution in [0.2, 0.25) is 0 Å². The maximum Gasteiger partial charge on any atom is 0.240 e. The van der Waals surface area contributed by atoms with Crippen molar-refractivity contribution in [2.75, 3.05) is 30.3 Å². The van der Waals surface area contributed by atoms with Gasteiger partial charge in [0.25, 0.3) is 0 Å². The van der Waals surface area contributed by atoms with E-state index >= 15 is 0 Å². The van der Waals surface area contributed by atoms with Gasteiger partial charge in [0.15, 0.2) is 0 Å². The zero-order valence-electron chi connectivity index (χ0n) is 16.5. The molecule has 0 radical (unpaired) electrons. The number of carbonyl (C=O) groups excluding carboxylic acids is 1. The van der Waals surface area contributed by atoms with Crippen molar-refractivity contribution in [3.05, 3.63) is 57.6 Å². The fourth-order valence-electron chi connectivity index (χ4n) is 2.60. The highest BCUT2D eigenvalue weighted by atomic mass is 79.9. The molecule has 0 aliphatic carbocycles. The van der Waals surface area contributed by atoms with Crippen LogP contribution in [0, 0.1) is 20.8 Å². The Balaban J connectivity index is 1.95. The predicted molar refractivity (Wildman–Crippen MR) is 115 cm³/mol. The molecule has 8 heteroatoms. The van der Waals surface area contributed by atoms with Crippen LogP contribution in [0.3, 0.4) is 0 Å². The van der Waals surface area contributed by atoms with Gasteiger partial charge in [0, 0.05) is 4.47 Å². The average Bonchev–Trinajstić information content (AvgIpc) is 2.61. The van der Waals surface area contributed by atoms with E-state index in [1.165, 1.54) is 0 Å². The number of sulfonamides is 1. The summed E-state index contributed by atoms with van der Waals surface area (Å²) >= 11 is 3.39. The van der Waals surface area contributed by atoms with E-state index in [1.54, 1.807) is 18.2 Å². The normalized spacial score (nSPS) is 11.2. The summed E-state index contributed by atoms with van der Waals surface area (Å²) in [5, 5.41) is 2.71. The summed E-state index contributed by atoms with van der Waals surface area (Å²) in [7, 11) is -3.60. The lowest BCUT2D eigenvalue weighted by Gasteiger charge is -2.22. The Morgan fingerprint density at radius 2 is 1.86 bits per heavy atom. The summed E-state index contributed by atoms with van der Waals surface area (Å²) in [6.45, 7) is 6.14. The molecule has 0 saturated carbocycles. The van der Waals surface area contributed by atoms with Gasteiger partial charge in [-0.05, 0) is 61.7 Å². The summed E-state index contributed by atoms with van der Waals surface area (Å²) in [6.07, 6.45) is 1.08. The van der Waals surface area contributed by atoms with Crippen LogP contribution >= 0.6 is 15.9 Å². The van der Waals surface area contributed by atoms with Gasteiger partial charge in [-0.15, -0.1) is 0 Å². The molecule has 0 fully saturated rings. The van der Waals surface area contributed by atoms with Crippen LogP contribution in [0.1, 0.15) is 16.7 Å². The van der Waals surface area contributed by atoms with Crippen LogP contribution in [0.15, 0.2) is 40.9 Å². The van der Waals surface area contributed by atoms with Crippen molar-refractivity contribution in [3.63, 3.8) is 0 Å². The van der Waals surface area contributed by atoms with E-state index in [2.05, 4.69) is 21.2 Å². The molecule has 2 rings (SSSR count). The summed E-state index contributed by atoms with van der Waals surface area (Å²) in [5.74, 6) is 0.382. The number of hydrogen-bond acceptors (Lipinski definition) is 4. The molecule has 2 aromatic rings. The molecule has 0 spiro atoms. The highest BCUT2D eigenvalue weighted by Crippen LogP contribution is 2.24. The molecule has 2 aromatic carbocycles. The van der Waals surface area contributed by atoms with Gasteiger partial charge in [-0.2, -0.15) is 0 Å². The third kappa shape index (κ3) is 5.97. The second-order valence-electron chi connectivity index (χ2n) is 6.60. The highest BCUT2D eigenvalue weighted by Gasteiger charge is 2.21. The fourth-order valence-corrected chi connectivity index (χ4v) is 3.70. The molecule has 6 nitrogen and oxygen atoms in total. The van der Waals surface area contributed by atoms with E-state index in [-0.39, 0.29) is 13.1 Å². The lowest BCUT2D eigenvalue weighted by molar-refractivity contribution is -0.119. The number of halogens is 1. The molecule has 0 aromatic heterocycles. The van der Waals surface area contributed by atoms with Gasteiger partial charge in [0.2, 0.25) is 15.9 Å². The average molecular weight is 469 g/mol. The van der Waals surface area contributed by atoms with Crippen molar-refractivity contribution in [2.24, 2.45) is 0 Å². The van der Waals surface area contributed by atoms with E-state index in [9.17, 15) is 13.2 Å². The lowest BCUT2D eigenvalue weighted by Crippen LogP contribution is -2.41. The maximum absolute atomic E-state index is 12.3. The van der Waals surface area contributed by atoms with Crippen LogP contribution < -0.4 is 14.4 Å². The number of carbonyl (C=O) groups is 1. The molecule has 0 atom stereocenters. The van der Waals surface area contributed by atoms with Gasteiger partial charge in [0.1, 0.15) is 18.9 Å². The number of ether oxygens (including phenoxy) is 1. The SMILES string of the molecule is Cc1cc(N(CC(=O)NCCOc2cccc(C)c2C)S(C)(=O)=O)ccc1Br. The monoisotopic (exact) mass is 468 g/mol. The quantitative estimate of drug-likeness (QED) is 0.602. The largest absolute Gasteiger partial charge is 0.491 e. The topological polar surface area (TPSA) is 75.7 Å². The van der Waals surface area contributed by atoms with E-state index in [0.717, 1.165) is 37.5 Å². The van der Waals surface area contributed by atoms with Gasteiger partial charge in [-0.25, -0.2) is 8.42 Å². The summed E-state index contributed by atoms with van der Waals surface area (Å²) in [5.41, 5.74) is 3.52. The van der Waals surface area contributed by atoms with Crippen LogP contribution in [-0.4, -0.2) is 40.3 Å². The molecule has 0 bridgehead atoms. The summed E-state index contributed by atoms with van der Waals surface area (Å²) < 4.78 is 32.0. The minimum atomic E-state index is -3.60. The first-order valence-corrected chi connectivity index (χ1v) is 11.4. The minimum Gasteiger partial charge on any atom is -0.491 e. The molecule has 152 valence electrons. The van der Waals surface area contributed by atoms with Crippen LogP contribution in [0.25, 0.3) is 0 Å². The zero-order chi connectivity index (χ0) is 20.9. The van der Waals surface area contributed by atoms with Gasteiger partial charge in [-0.1, -0.05) is 28.1 Å². The maximum atomic E-state index is 12.3. The van der Waals surface area contributed by atoms with Gasteiger partial charge in [0.05, 0.1) is 18.5 Å². The Kier molecular flexibility index (Phi) is 7.48. The fraction of sp³-hybridized carbons (Fsp3) is 0.350. The molecule has 28 heavy (non-hydrogen) atoms. The van der Waals surface area contributed by atoms with Crippen molar-refractivity contribution in [2.45, 2.75) is 20.8 Å². The molecular formula is C20H25BrN2O4S. The lowest BCUT2D eigenvalue weighted by atomic mass is 10.1. The van der Waals surface area contributed by atoms with Crippen LogP contribution in [0.5, 0.6) is 5.75 Å². The second-order valence-corrected chi connectivity index (χ2v) is 9.36. The standard InChI is InChI=1S/C20H25BrN2O4S/c1-14-6-5-7-19(16(14)3)27-11-10-22-20(24)13-23(28(4,25)26)17-8-9-18(21)15(2)12-17/h5-9,12H,10-11,13H2,1-4H3,(H,22,24). The third-order valence-electron chi connectivity index (χ3n) is 4.35. The van der Waals surface area contributed by atoms with Gasteiger partial charge < -0.3 is 10.1 Å². The Bertz CT molecular complexity index is 961. The number of hydrogen-bond donors (Lipinski definition) is 1. The van der Waals surface area contributed by atoms with E-state index < -0.39 is 15.9 Å². The highest BCUT2D eigenvalue weighted by molar-refractivity contribution is 9.10. The molecule has 0 aliphatic heterocycles. The minimum absolute atomic E-state index is 0.281. The van der Waals surface area contributed by atoms with E-state index in [4.69, 9.17) is 4.74 Å². The summed E-state index contributed by atoms with van der Waals surface area (Å²) in [6, 6.07) is 11.0. The van der Waals surface area contributed by atoms with Crippen molar-refractivity contribution in [3.8, 4) is 5.75 Å². The van der Waals surface area contributed by atoms with Crippen LogP contribution in [0.4, 0.5) is 5.69 Å². The molecule has 0 saturated heterocycles. The number of amides is 1. The number of rotatable bonds is 8. The molecular weight excluding hydrogens is 444 g/mol. The molecule has 0 unspecified atom stereocenters. The number of nitrogens with zero attached hydrogens (tertiary/aromatic N) is 1. The Labute approximate surface area is 175 Å². The number of aryl methyl sites for hydroxylation is 2. The number of benzene rings is 2. The van der Waals surface area contributed by atoms with Gasteiger partial charge in [-0.3, -0.25) is 9.10 Å². The summed E-state index contributed by atoms with van der Waals surface area (Å²) in [4.78, 5) is 12.3. The van der Waals surface area contributed by atoms with Crippen molar-refractivity contribution >= 4 is 37.5 Å². The smallest absolute Gasteiger partial charge is 0.240 e. The number of nitrogens with one attached hydrogen (secondary N) is 1. The Morgan fingerprint density at radius 1 is 1.14 bits per heavy atom. The first kappa shape index (κ1) is 22.2. The second kappa shape index (κ2) is 9.43. The molecule has 1 N–H and O–H groups in total. The van der Waals surface area contributed by atoms with Gasteiger partial charge >= 0.3 is 0 Å². The van der Waals surface area contributed by atoms with Crippen LogP contribution in [-0.2, 0) is 14.8 Å². The van der Waals surface area contributed by atoms with Crippen molar-refractivity contribution < 1.29 is 17.9 Å². The van der Waals surface area contributed by atoms with Crippen molar-refractivity contribution in [1.82, 2.24) is 5.32 Å². The molecule has 0 heterocycles. The van der Waals surface area contributed by atoms with Crippen molar-refractivity contribution in [1.29, 1.82) is 0 Å². The molecule has 1 amide bonds. The third-order valence-corrected chi connectivity index (χ3v) is 6.38. The molecule has 0 aliphatic rings.